The molecule has 2 saturated heterocycles. The number of sulfone groups is 1. The number of carbonyl (C=O) groups is 2. The number of piperazine rings is 2. The molecular weight excluding hydrogens is 1770 g/mol. The summed E-state index contributed by atoms with van der Waals surface area (Å²) in [5.74, 6) is -1.56. The highest BCUT2D eigenvalue weighted by Crippen LogP contribution is 2.48. The van der Waals surface area contributed by atoms with Gasteiger partial charge in [-0.2, -0.15) is 0 Å². The van der Waals surface area contributed by atoms with E-state index < -0.39 is 72.7 Å². The number of ether oxygens (including phenoxy) is 4. The molecule has 12 aromatic rings. The minimum atomic E-state index is -4.71. The Kier molecular flexibility index (Phi) is 25.6. The van der Waals surface area contributed by atoms with Gasteiger partial charge >= 0.3 is 0 Å². The fourth-order valence-corrected chi connectivity index (χ4v) is 21.1. The molecule has 6 aliphatic rings. The Morgan fingerprint density at radius 1 is 0.511 bits per heavy atom. The number of pyridine rings is 2. The van der Waals surface area contributed by atoms with Gasteiger partial charge in [0.1, 0.15) is 45.8 Å². The van der Waals surface area contributed by atoms with E-state index in [9.17, 15) is 55.1 Å². The van der Waals surface area contributed by atoms with Gasteiger partial charge in [-0.25, -0.2) is 44.7 Å². The van der Waals surface area contributed by atoms with E-state index in [0.29, 0.717) is 52.0 Å². The number of sulfonamides is 2. The van der Waals surface area contributed by atoms with Crippen LogP contribution < -0.4 is 38.2 Å². The summed E-state index contributed by atoms with van der Waals surface area (Å²) in [6.45, 7) is 19.3. The quantitative estimate of drug-likeness (QED) is 0.0341. The number of nitro benzene ring substituents is 2. The number of aromatic amines is 2. The van der Waals surface area contributed by atoms with E-state index in [1.54, 1.807) is 67.0 Å². The van der Waals surface area contributed by atoms with Crippen LogP contribution in [0, 0.1) is 38.0 Å². The maximum atomic E-state index is 14.1. The van der Waals surface area contributed by atoms with Gasteiger partial charge in [-0.3, -0.25) is 39.6 Å². The number of H-pyrrole nitrogens is 2. The van der Waals surface area contributed by atoms with Crippen LogP contribution in [0.1, 0.15) is 138 Å². The number of aromatic nitrogens is 4. The summed E-state index contributed by atoms with van der Waals surface area (Å²) >= 11 is 12.5. The van der Waals surface area contributed by atoms with E-state index >= 15 is 0 Å². The first-order valence-corrected chi connectivity index (χ1v) is 49.0. The number of nitro groups is 2. The summed E-state index contributed by atoms with van der Waals surface area (Å²) in [4.78, 5) is 75.1. The number of carbonyl (C=O) groups excluding carboxylic acids is 2. The second-order valence-electron chi connectivity index (χ2n) is 36.0. The second-order valence-corrected chi connectivity index (χ2v) is 42.3. The number of nitrogens with one attached hydrogen (secondary N) is 4. The van der Waals surface area contributed by atoms with Crippen molar-refractivity contribution in [2.24, 2.45) is 10.8 Å². The first-order valence-electron chi connectivity index (χ1n) is 43.3. The van der Waals surface area contributed by atoms with Crippen molar-refractivity contribution in [3.8, 4) is 34.5 Å². The van der Waals surface area contributed by atoms with Gasteiger partial charge in [-0.05, 0) is 187 Å². The molecule has 0 spiro atoms. The number of hydrogen-bond donors (Lipinski definition) is 4. The third-order valence-electron chi connectivity index (χ3n) is 25.6. The van der Waals surface area contributed by atoms with Crippen molar-refractivity contribution in [3.05, 3.63) is 298 Å². The van der Waals surface area contributed by atoms with E-state index in [0.717, 1.165) is 148 Å². The lowest BCUT2D eigenvalue weighted by atomic mass is 9.72. The number of benzene rings is 8. The summed E-state index contributed by atoms with van der Waals surface area (Å²) in [5.41, 5.74) is 13.6. The van der Waals surface area contributed by atoms with Crippen molar-refractivity contribution in [1.29, 1.82) is 0 Å². The number of fused-ring (bicyclic) bond motifs is 4. The molecule has 18 rings (SSSR count). The van der Waals surface area contributed by atoms with Crippen molar-refractivity contribution in [2.45, 2.75) is 113 Å². The minimum absolute atomic E-state index is 0.00596. The topological polar surface area (TPSA) is 354 Å². The third-order valence-corrected chi connectivity index (χ3v) is 29.8. The Labute approximate surface area is 769 Å². The van der Waals surface area contributed by atoms with Crippen molar-refractivity contribution in [3.63, 3.8) is 0 Å². The molecule has 8 aromatic carbocycles. The van der Waals surface area contributed by atoms with Gasteiger partial charge in [0.2, 0.25) is 0 Å². The Balaban J connectivity index is 0.000000183. The van der Waals surface area contributed by atoms with Gasteiger partial charge < -0.3 is 38.7 Å². The number of rotatable bonds is 23. The zero-order valence-corrected chi connectivity index (χ0v) is 77.0. The highest BCUT2D eigenvalue weighted by Gasteiger charge is 2.38. The van der Waals surface area contributed by atoms with Crippen LogP contribution >= 0.6 is 23.2 Å². The van der Waals surface area contributed by atoms with Gasteiger partial charge in [0, 0.05) is 165 Å². The molecule has 0 saturated carbocycles. The van der Waals surface area contributed by atoms with E-state index in [4.69, 9.17) is 42.1 Å². The number of aryl methyl sites for hydroxylation is 1. The summed E-state index contributed by atoms with van der Waals surface area (Å²) < 4.78 is 109. The predicted octanol–water partition coefficient (Wildman–Crippen LogP) is 18.8. The first-order chi connectivity index (χ1) is 62.6. The third kappa shape index (κ3) is 20.7. The highest BCUT2D eigenvalue weighted by molar-refractivity contribution is 7.91. The van der Waals surface area contributed by atoms with Crippen molar-refractivity contribution in [2.75, 3.05) is 94.7 Å². The molecule has 2 amide bonds. The SMILES string of the molecule is CC1(C)CCC(CN2CCN(c3ccc(C(=O)NS(=O)(=O)c4cc5c(c([N+](=O)[O-])c4)C[C@H](c4ccc(S(C)(=O)=O)cc4)CO5)c(Oc4cnc5[nH]ccc5c4)c3)CC2)=C(c2ccc(Cl)cc2)C1.Cc1ccc([C@H]2COc3cc(S(=O)(=O)NC(=O)c4ccc(N5CCN(CC6=C(c7ccc(Cl)cc7)CC(C)(C)CC6)CC5)cc4Oc4cnc5[nH]ccc5c4)cc([N+](=O)[O-])c3C2)cc1. The molecule has 2 fully saturated rings. The Bertz CT molecular complexity index is 6890. The van der Waals surface area contributed by atoms with Crippen LogP contribution in [0.4, 0.5) is 22.7 Å². The van der Waals surface area contributed by atoms with Crippen LogP contribution in [0.15, 0.2) is 233 Å². The first kappa shape index (κ1) is 90.4. The largest absolute Gasteiger partial charge is 0.492 e. The lowest BCUT2D eigenvalue weighted by Gasteiger charge is -2.39. The second kappa shape index (κ2) is 37.0. The molecule has 8 heterocycles. The summed E-state index contributed by atoms with van der Waals surface area (Å²) in [7, 11) is -12.8. The molecule has 0 bridgehead atoms. The highest BCUT2D eigenvalue weighted by atomic mass is 35.5. The number of amides is 2. The molecule has 2 aliphatic carbocycles. The normalized spacial score (nSPS) is 17.7. The van der Waals surface area contributed by atoms with E-state index in [1.807, 2.05) is 67.6 Å². The Morgan fingerprint density at radius 2 is 0.908 bits per heavy atom. The van der Waals surface area contributed by atoms with Gasteiger partial charge in [-0.15, -0.1) is 0 Å². The molecule has 678 valence electrons. The smallest absolute Gasteiger partial charge is 0.277 e. The zero-order chi connectivity index (χ0) is 92.0. The minimum Gasteiger partial charge on any atom is -0.492 e. The van der Waals surface area contributed by atoms with E-state index in [2.05, 4.69) is 101 Å². The molecule has 4 aromatic heterocycles. The number of hydrogen-bond acceptors (Lipinski definition) is 22. The van der Waals surface area contributed by atoms with E-state index in [-0.39, 0.29) is 93.3 Å². The average molecular weight is 1870 g/mol. The van der Waals surface area contributed by atoms with Crippen LogP contribution in [0.2, 0.25) is 10.0 Å². The number of allylic oxidation sites excluding steroid dienone is 2. The number of halogens is 2. The lowest BCUT2D eigenvalue weighted by molar-refractivity contribution is -0.386. The maximum absolute atomic E-state index is 14.1. The average Bonchev–Trinajstić information content (AvgIpc) is 1.27. The monoisotopic (exact) mass is 1860 g/mol. The standard InChI is InChI=1S/C49H49ClN6O9S2.C49H49ClN6O7S/c1-49(2)16-14-34(43(27-49)32-4-8-36(50)9-5-32)29-54-18-20-55(21-19-54)37-10-13-41(46(24-37)65-38-22-33-15-17-51-47(33)52-28-38)48(57)53-67(62,63)40-25-44(56(58)59)42-23-35(30-64-45(42)26-40)31-6-11-39(12-7-31)66(3,60)61;1-31-4-6-32(7-5-31)36-23-42-44(56(58)59)25-40(26-45(42)62-30-36)64(60,61)53-48(57)41-13-12-38(24-46(41)63-39-22-34-15-17-51-47(34)52-28-39)55-20-18-54(19-21-55)29-35-14-16-49(2,3)27-43(35)33-8-10-37(50)11-9-33/h4-13,15,17,22,24-26,28,35H,14,16,18-21,23,27,29-30H2,1-3H3,(H,51,52)(H,53,57);4-13,15,17,22,24-26,28,36H,14,16,18-21,23,27,29-30H2,1-3H3,(H,51,52)(H,53,57)/t35-;36-/m01/s1. The molecule has 0 radical (unpaired) electrons. The zero-order valence-electron chi connectivity index (χ0n) is 73.0. The molecule has 33 heteroatoms. The molecule has 2 atom stereocenters. The summed E-state index contributed by atoms with van der Waals surface area (Å²) in [6.07, 6.45) is 14.4. The summed E-state index contributed by atoms with van der Waals surface area (Å²) in [6, 6.07) is 51.9. The molecule has 28 nitrogen and oxygen atoms in total. The Morgan fingerprint density at radius 3 is 1.30 bits per heavy atom. The van der Waals surface area contributed by atoms with Gasteiger partial charge in [-0.1, -0.05) is 128 Å². The number of nitrogens with zero attached hydrogens (tertiary/aromatic N) is 8. The lowest BCUT2D eigenvalue weighted by Crippen LogP contribution is -2.47. The van der Waals surface area contributed by atoms with Crippen LogP contribution in [-0.4, -0.2) is 162 Å². The fraction of sp³-hybridized carbons (Fsp3) is 0.306. The van der Waals surface area contributed by atoms with Crippen molar-refractivity contribution < 1.29 is 63.6 Å². The van der Waals surface area contributed by atoms with Gasteiger partial charge in [0.05, 0.1) is 72.4 Å². The maximum Gasteiger partial charge on any atom is 0.277 e. The van der Waals surface area contributed by atoms with Crippen LogP contribution in [0.5, 0.6) is 34.5 Å². The van der Waals surface area contributed by atoms with Crippen molar-refractivity contribution in [1.82, 2.24) is 39.2 Å². The molecule has 4 aliphatic heterocycles. The van der Waals surface area contributed by atoms with Gasteiger partial charge in [0.25, 0.3) is 43.2 Å². The molecule has 4 N–H and O–H groups in total. The van der Waals surface area contributed by atoms with Crippen LogP contribution in [-0.2, 0) is 42.7 Å². The Hall–Kier alpha value is -12.5. The van der Waals surface area contributed by atoms with Crippen LogP contribution in [0.25, 0.3) is 33.2 Å². The van der Waals surface area contributed by atoms with Crippen molar-refractivity contribution >= 4 is 121 Å². The van der Waals surface area contributed by atoms with Crippen LogP contribution in [0.3, 0.4) is 0 Å². The number of anilines is 2. The fourth-order valence-electron chi connectivity index (χ4n) is 18.2. The van der Waals surface area contributed by atoms with Gasteiger partial charge in [0.15, 0.2) is 9.84 Å². The molecule has 0 unspecified atom stereocenters. The predicted molar refractivity (Wildman–Crippen MR) is 505 cm³/mol. The molecular formula is C98H98Cl2N12O16S3. The van der Waals surface area contributed by atoms with E-state index in [1.165, 1.54) is 76.1 Å². The summed E-state index contributed by atoms with van der Waals surface area (Å²) in [5, 5.41) is 27.8. The molecule has 131 heavy (non-hydrogen) atoms.